The highest BCUT2D eigenvalue weighted by Gasteiger charge is 2.19. The number of carbonyl (C=O) groups excluding carboxylic acids is 2. The molecule has 0 saturated carbocycles. The Labute approximate surface area is 114 Å². The van der Waals surface area contributed by atoms with Crippen molar-refractivity contribution in [3.8, 4) is 0 Å². The number of ether oxygens (including phenoxy) is 1. The Morgan fingerprint density at radius 1 is 1.28 bits per heavy atom. The maximum atomic E-state index is 11.8. The number of thioether (sulfide) groups is 1. The first kappa shape index (κ1) is 17.3. The normalized spacial score (nSPS) is 13.0. The monoisotopic (exact) mass is 275 g/mol. The Bertz CT molecular complexity index is 286. The van der Waals surface area contributed by atoms with E-state index >= 15 is 0 Å². The van der Waals surface area contributed by atoms with Crippen LogP contribution < -0.4 is 0 Å². The number of hydrogen-bond donors (Lipinski definition) is 0. The van der Waals surface area contributed by atoms with E-state index in [0.717, 1.165) is 5.75 Å². The summed E-state index contributed by atoms with van der Waals surface area (Å²) in [5.41, 5.74) is -0.488. The second-order valence-corrected chi connectivity index (χ2v) is 6.31. The molecular formula is C13H25NO3S. The van der Waals surface area contributed by atoms with Crippen molar-refractivity contribution in [2.24, 2.45) is 0 Å². The summed E-state index contributed by atoms with van der Waals surface area (Å²) in [7, 11) is 1.78. The van der Waals surface area contributed by atoms with E-state index in [2.05, 4.69) is 0 Å². The van der Waals surface area contributed by atoms with Crippen LogP contribution >= 0.6 is 11.8 Å². The molecule has 0 N–H and O–H groups in total. The van der Waals surface area contributed by atoms with Gasteiger partial charge in [-0.2, -0.15) is 11.8 Å². The van der Waals surface area contributed by atoms with Crippen molar-refractivity contribution >= 4 is 23.6 Å². The molecule has 106 valence electrons. The van der Waals surface area contributed by atoms with E-state index in [1.165, 1.54) is 0 Å². The van der Waals surface area contributed by atoms with E-state index in [0.29, 0.717) is 0 Å². The van der Waals surface area contributed by atoms with Crippen LogP contribution in [0.3, 0.4) is 0 Å². The summed E-state index contributed by atoms with van der Waals surface area (Å²) in [4.78, 5) is 25.0. The Morgan fingerprint density at radius 3 is 2.28 bits per heavy atom. The largest absolute Gasteiger partial charge is 0.460 e. The fourth-order valence-electron chi connectivity index (χ4n) is 1.38. The minimum Gasteiger partial charge on any atom is -0.460 e. The first-order valence-corrected chi connectivity index (χ1v) is 7.53. The van der Waals surface area contributed by atoms with Crippen LogP contribution in [0.4, 0.5) is 0 Å². The molecule has 0 aromatic rings. The standard InChI is InChI=1S/C13H25NO3S/c1-10(9-18-6)14(5)11(15)7-8-12(16)17-13(2,3)4/h10H,7-9H2,1-6H3. The molecule has 1 amide bonds. The summed E-state index contributed by atoms with van der Waals surface area (Å²) in [6.45, 7) is 7.46. The molecule has 0 fully saturated rings. The zero-order chi connectivity index (χ0) is 14.3. The predicted octanol–water partition coefficient (Wildman–Crippen LogP) is 2.32. The Hall–Kier alpha value is -0.710. The molecule has 0 aliphatic heterocycles. The number of esters is 1. The fourth-order valence-corrected chi connectivity index (χ4v) is 2.08. The Balaban J connectivity index is 4.06. The van der Waals surface area contributed by atoms with Gasteiger partial charge in [0.15, 0.2) is 0 Å². The zero-order valence-electron chi connectivity index (χ0n) is 12.3. The van der Waals surface area contributed by atoms with E-state index in [1.807, 2.05) is 34.0 Å². The van der Waals surface area contributed by atoms with Gasteiger partial charge in [-0.05, 0) is 34.0 Å². The van der Waals surface area contributed by atoms with E-state index < -0.39 is 5.60 Å². The molecule has 0 rings (SSSR count). The van der Waals surface area contributed by atoms with E-state index in [4.69, 9.17) is 4.74 Å². The SMILES string of the molecule is CSCC(C)N(C)C(=O)CCC(=O)OC(C)(C)C. The zero-order valence-corrected chi connectivity index (χ0v) is 13.1. The molecule has 0 radical (unpaired) electrons. The van der Waals surface area contributed by atoms with Crippen LogP contribution in [0.15, 0.2) is 0 Å². The summed E-state index contributed by atoms with van der Waals surface area (Å²) in [5.74, 6) is 0.568. The number of carbonyl (C=O) groups is 2. The average Bonchev–Trinajstić information content (AvgIpc) is 2.22. The van der Waals surface area contributed by atoms with Crippen LogP contribution in [0.5, 0.6) is 0 Å². The lowest BCUT2D eigenvalue weighted by Crippen LogP contribution is -2.37. The molecule has 1 atom stereocenters. The van der Waals surface area contributed by atoms with Crippen LogP contribution in [0.1, 0.15) is 40.5 Å². The highest BCUT2D eigenvalue weighted by atomic mass is 32.2. The van der Waals surface area contributed by atoms with Crippen LogP contribution in [0.25, 0.3) is 0 Å². The lowest BCUT2D eigenvalue weighted by atomic mass is 10.2. The van der Waals surface area contributed by atoms with Crippen molar-refractivity contribution in [2.45, 2.75) is 52.2 Å². The molecule has 0 heterocycles. The van der Waals surface area contributed by atoms with Gasteiger partial charge in [0.05, 0.1) is 6.42 Å². The number of nitrogens with zero attached hydrogens (tertiary/aromatic N) is 1. The summed E-state index contributed by atoms with van der Waals surface area (Å²) >= 11 is 1.70. The van der Waals surface area contributed by atoms with Crippen molar-refractivity contribution in [1.82, 2.24) is 4.90 Å². The fraction of sp³-hybridized carbons (Fsp3) is 0.846. The van der Waals surface area contributed by atoms with Crippen LogP contribution in [0.2, 0.25) is 0 Å². The molecule has 4 nitrogen and oxygen atoms in total. The quantitative estimate of drug-likeness (QED) is 0.698. The van der Waals surface area contributed by atoms with Crippen LogP contribution in [0, 0.1) is 0 Å². The van der Waals surface area contributed by atoms with Crippen molar-refractivity contribution in [2.75, 3.05) is 19.1 Å². The van der Waals surface area contributed by atoms with Crippen LogP contribution in [-0.4, -0.2) is 47.5 Å². The molecule has 0 aliphatic rings. The van der Waals surface area contributed by atoms with Gasteiger partial charge >= 0.3 is 5.97 Å². The van der Waals surface area contributed by atoms with E-state index in [1.54, 1.807) is 23.7 Å². The minimum atomic E-state index is -0.488. The molecule has 0 aliphatic carbocycles. The van der Waals surface area contributed by atoms with Gasteiger partial charge in [0.1, 0.15) is 5.60 Å². The minimum absolute atomic E-state index is 0.0117. The second kappa shape index (κ2) is 7.67. The van der Waals surface area contributed by atoms with Gasteiger partial charge in [-0.25, -0.2) is 0 Å². The van der Waals surface area contributed by atoms with Crippen molar-refractivity contribution in [3.63, 3.8) is 0 Å². The van der Waals surface area contributed by atoms with Gasteiger partial charge in [-0.3, -0.25) is 9.59 Å². The third-order valence-electron chi connectivity index (χ3n) is 2.43. The van der Waals surface area contributed by atoms with Gasteiger partial charge in [0.2, 0.25) is 5.91 Å². The molecule has 0 aromatic carbocycles. The van der Waals surface area contributed by atoms with Gasteiger partial charge in [0.25, 0.3) is 0 Å². The van der Waals surface area contributed by atoms with Crippen LogP contribution in [-0.2, 0) is 14.3 Å². The molecule has 0 aromatic heterocycles. The first-order valence-electron chi connectivity index (χ1n) is 6.14. The second-order valence-electron chi connectivity index (χ2n) is 5.40. The molecule has 5 heteroatoms. The molecule has 1 unspecified atom stereocenters. The van der Waals surface area contributed by atoms with Crippen molar-refractivity contribution < 1.29 is 14.3 Å². The highest BCUT2D eigenvalue weighted by molar-refractivity contribution is 7.98. The topological polar surface area (TPSA) is 46.6 Å². The molecule has 0 saturated heterocycles. The molecular weight excluding hydrogens is 250 g/mol. The average molecular weight is 275 g/mol. The summed E-state index contributed by atoms with van der Waals surface area (Å²) < 4.78 is 5.16. The third kappa shape index (κ3) is 7.58. The maximum Gasteiger partial charge on any atom is 0.306 e. The van der Waals surface area contributed by atoms with E-state index in [9.17, 15) is 9.59 Å². The number of rotatable bonds is 6. The van der Waals surface area contributed by atoms with Gasteiger partial charge in [-0.1, -0.05) is 0 Å². The lowest BCUT2D eigenvalue weighted by molar-refractivity contribution is -0.156. The summed E-state index contributed by atoms with van der Waals surface area (Å²) in [6, 6.07) is 0.186. The number of hydrogen-bond acceptors (Lipinski definition) is 4. The maximum absolute atomic E-state index is 11.8. The van der Waals surface area contributed by atoms with Gasteiger partial charge in [0, 0.05) is 25.3 Å². The van der Waals surface area contributed by atoms with Gasteiger partial charge in [-0.15, -0.1) is 0 Å². The lowest BCUT2D eigenvalue weighted by Gasteiger charge is -2.24. The first-order chi connectivity index (χ1) is 8.17. The summed E-state index contributed by atoms with van der Waals surface area (Å²) in [6.07, 6.45) is 2.37. The Kier molecular flexibility index (Phi) is 7.36. The highest BCUT2D eigenvalue weighted by Crippen LogP contribution is 2.11. The van der Waals surface area contributed by atoms with E-state index in [-0.39, 0.29) is 30.8 Å². The summed E-state index contributed by atoms with van der Waals surface area (Å²) in [5, 5.41) is 0. The molecule has 0 bridgehead atoms. The predicted molar refractivity (Wildman–Crippen MR) is 75.7 cm³/mol. The molecule has 18 heavy (non-hydrogen) atoms. The van der Waals surface area contributed by atoms with Crippen molar-refractivity contribution in [1.29, 1.82) is 0 Å². The van der Waals surface area contributed by atoms with Gasteiger partial charge < -0.3 is 9.64 Å². The number of amides is 1. The third-order valence-corrected chi connectivity index (χ3v) is 3.24. The Morgan fingerprint density at radius 2 is 1.83 bits per heavy atom. The van der Waals surface area contributed by atoms with Crippen molar-refractivity contribution in [3.05, 3.63) is 0 Å². The molecule has 0 spiro atoms. The smallest absolute Gasteiger partial charge is 0.306 e.